The number of pyridine rings is 1. The van der Waals surface area contributed by atoms with Crippen molar-refractivity contribution in [3.63, 3.8) is 0 Å². The maximum absolute atomic E-state index is 11.8. The predicted octanol–water partition coefficient (Wildman–Crippen LogP) is 4.48. The molecule has 2 aromatic rings. The normalized spacial score (nSPS) is 16.1. The van der Waals surface area contributed by atoms with Crippen LogP contribution >= 0.6 is 0 Å². The van der Waals surface area contributed by atoms with Gasteiger partial charge in [0.15, 0.2) is 0 Å². The Morgan fingerprint density at radius 3 is 2.66 bits per heavy atom. The number of hydrogen-bond acceptors (Lipinski definition) is 5. The predicted molar refractivity (Wildman–Crippen MR) is 132 cm³/mol. The minimum atomic E-state index is -3.07. The smallest absolute Gasteiger partial charge is 0.213 e. The molecule has 2 heterocycles. The molecule has 0 radical (unpaired) electrons. The number of nitrogens with zero attached hydrogens (tertiary/aromatic N) is 3. The Morgan fingerprint density at radius 1 is 1.16 bits per heavy atom. The lowest BCUT2D eigenvalue weighted by Gasteiger charge is -2.32. The van der Waals surface area contributed by atoms with Crippen LogP contribution < -0.4 is 4.74 Å². The zero-order valence-corrected chi connectivity index (χ0v) is 20.7. The van der Waals surface area contributed by atoms with Crippen molar-refractivity contribution >= 4 is 20.9 Å². The number of hydrogen-bond donors (Lipinski definition) is 0. The Labute approximate surface area is 194 Å². The molecule has 0 aliphatic carbocycles. The topological polar surface area (TPSA) is 62.7 Å². The summed E-state index contributed by atoms with van der Waals surface area (Å²) < 4.78 is 31.6. The van der Waals surface area contributed by atoms with Gasteiger partial charge in [-0.1, -0.05) is 19.4 Å². The number of unbranched alkanes of at least 4 members (excludes halogenated alkanes) is 2. The zero-order chi connectivity index (χ0) is 23.0. The number of benzene rings is 1. The molecule has 0 atom stereocenters. The first-order valence-electron chi connectivity index (χ1n) is 12.1. The molecule has 1 aliphatic heterocycles. The maximum atomic E-state index is 11.8. The highest BCUT2D eigenvalue weighted by molar-refractivity contribution is 7.89. The molecule has 0 amide bonds. The fraction of sp³-hybridized carbons (Fsp3) is 0.640. The van der Waals surface area contributed by atoms with Crippen molar-refractivity contribution in [1.29, 1.82) is 0 Å². The van der Waals surface area contributed by atoms with Gasteiger partial charge in [-0.2, -0.15) is 0 Å². The molecule has 1 aliphatic rings. The first kappa shape index (κ1) is 24.9. The van der Waals surface area contributed by atoms with E-state index in [9.17, 15) is 8.42 Å². The van der Waals surface area contributed by atoms with Crippen LogP contribution in [-0.2, 0) is 16.4 Å². The lowest BCUT2D eigenvalue weighted by Crippen LogP contribution is -2.39. The van der Waals surface area contributed by atoms with Gasteiger partial charge in [-0.15, -0.1) is 0 Å². The van der Waals surface area contributed by atoms with Crippen LogP contribution in [0.1, 0.15) is 57.9 Å². The summed E-state index contributed by atoms with van der Waals surface area (Å²) in [6.45, 7) is 7.58. The largest absolute Gasteiger partial charge is 0.488 e. The van der Waals surface area contributed by atoms with Gasteiger partial charge in [0.05, 0.1) is 5.75 Å². The number of sulfonamides is 1. The van der Waals surface area contributed by atoms with Crippen LogP contribution in [0, 0.1) is 0 Å². The van der Waals surface area contributed by atoms with Gasteiger partial charge in [0, 0.05) is 38.3 Å². The van der Waals surface area contributed by atoms with E-state index in [0.717, 1.165) is 68.4 Å². The van der Waals surface area contributed by atoms with Gasteiger partial charge in [0.1, 0.15) is 17.4 Å². The molecule has 3 rings (SSSR count). The second kappa shape index (κ2) is 12.0. The quantitative estimate of drug-likeness (QED) is 0.436. The molecule has 0 spiro atoms. The Balaban J connectivity index is 1.48. The highest BCUT2D eigenvalue weighted by atomic mass is 32.2. The average Bonchev–Trinajstić information content (AvgIpc) is 2.81. The van der Waals surface area contributed by atoms with Crippen molar-refractivity contribution in [3.8, 4) is 5.75 Å². The summed E-state index contributed by atoms with van der Waals surface area (Å²) in [6.07, 6.45) is 9.44. The van der Waals surface area contributed by atoms with E-state index in [1.165, 1.54) is 22.7 Å². The summed E-state index contributed by atoms with van der Waals surface area (Å²) in [5, 5.41) is 1.16. The van der Waals surface area contributed by atoms with E-state index in [4.69, 9.17) is 4.74 Å². The van der Waals surface area contributed by atoms with Crippen molar-refractivity contribution < 1.29 is 13.2 Å². The van der Waals surface area contributed by atoms with Gasteiger partial charge in [0.25, 0.3) is 0 Å². The molecule has 0 saturated carbocycles. The molecule has 178 valence electrons. The Morgan fingerprint density at radius 2 is 1.94 bits per heavy atom. The summed E-state index contributed by atoms with van der Waals surface area (Å²) in [5.74, 6) is 1.09. The van der Waals surface area contributed by atoms with Gasteiger partial charge in [-0.3, -0.25) is 4.98 Å². The fourth-order valence-electron chi connectivity index (χ4n) is 4.29. The Kier molecular flexibility index (Phi) is 9.32. The first-order valence-corrected chi connectivity index (χ1v) is 13.7. The highest BCUT2D eigenvalue weighted by Gasteiger charge is 2.22. The van der Waals surface area contributed by atoms with Crippen LogP contribution in [0.5, 0.6) is 5.75 Å². The molecule has 0 bridgehead atoms. The monoisotopic (exact) mass is 461 g/mol. The SMILES string of the molecule is CCCCc1cc(OC2CCN(CCCCN(C)S(=O)(=O)CC)CC2)c2ncccc2c1. The minimum Gasteiger partial charge on any atom is -0.488 e. The molecule has 7 heteroatoms. The van der Waals surface area contributed by atoms with E-state index in [2.05, 4.69) is 35.0 Å². The van der Waals surface area contributed by atoms with Crippen LogP contribution in [0.2, 0.25) is 0 Å². The molecule has 32 heavy (non-hydrogen) atoms. The van der Waals surface area contributed by atoms with Crippen LogP contribution in [-0.4, -0.2) is 67.7 Å². The van der Waals surface area contributed by atoms with Crippen LogP contribution in [0.15, 0.2) is 30.5 Å². The average molecular weight is 462 g/mol. The molecule has 1 fully saturated rings. The second-order valence-corrected chi connectivity index (χ2v) is 11.2. The number of rotatable bonds is 12. The molecule has 1 aromatic heterocycles. The van der Waals surface area contributed by atoms with Gasteiger partial charge in [0.2, 0.25) is 10.0 Å². The number of likely N-dealkylation sites (tertiary alicyclic amines) is 1. The third-order valence-corrected chi connectivity index (χ3v) is 8.28. The van der Waals surface area contributed by atoms with Gasteiger partial charge in [-0.25, -0.2) is 12.7 Å². The van der Waals surface area contributed by atoms with Crippen molar-refractivity contribution in [2.24, 2.45) is 0 Å². The van der Waals surface area contributed by atoms with Crippen molar-refractivity contribution in [3.05, 3.63) is 36.0 Å². The molecule has 1 aromatic carbocycles. The molecule has 6 nitrogen and oxygen atoms in total. The van der Waals surface area contributed by atoms with Gasteiger partial charge in [-0.05, 0) is 75.8 Å². The van der Waals surface area contributed by atoms with Crippen molar-refractivity contribution in [1.82, 2.24) is 14.2 Å². The summed E-state index contributed by atoms with van der Waals surface area (Å²) in [7, 11) is -1.39. The fourth-order valence-corrected chi connectivity index (χ4v) is 5.14. The summed E-state index contributed by atoms with van der Waals surface area (Å²) >= 11 is 0. The van der Waals surface area contributed by atoms with Crippen molar-refractivity contribution in [2.45, 2.75) is 64.9 Å². The van der Waals surface area contributed by atoms with Crippen LogP contribution in [0.25, 0.3) is 10.9 Å². The minimum absolute atomic E-state index is 0.170. The second-order valence-electron chi connectivity index (χ2n) is 8.86. The third-order valence-electron chi connectivity index (χ3n) is 6.41. The highest BCUT2D eigenvalue weighted by Crippen LogP contribution is 2.29. The third kappa shape index (κ3) is 6.90. The van der Waals surface area contributed by atoms with Gasteiger partial charge < -0.3 is 9.64 Å². The van der Waals surface area contributed by atoms with Crippen LogP contribution in [0.3, 0.4) is 0 Å². The van der Waals surface area contributed by atoms with E-state index in [0.29, 0.717) is 6.54 Å². The maximum Gasteiger partial charge on any atom is 0.213 e. The summed E-state index contributed by atoms with van der Waals surface area (Å²) in [6, 6.07) is 8.55. The number of aromatic nitrogens is 1. The van der Waals surface area contributed by atoms with Crippen LogP contribution in [0.4, 0.5) is 0 Å². The number of aryl methyl sites for hydroxylation is 1. The van der Waals surface area contributed by atoms with E-state index in [1.807, 2.05) is 12.3 Å². The molecular formula is C25H39N3O3S. The van der Waals surface area contributed by atoms with E-state index >= 15 is 0 Å². The summed E-state index contributed by atoms with van der Waals surface area (Å²) in [4.78, 5) is 7.06. The van der Waals surface area contributed by atoms with E-state index < -0.39 is 10.0 Å². The standard InChI is InChI=1S/C25H39N3O3S/c1-4-6-10-21-19-22-11-9-14-26-25(22)24(20-21)31-23-12-17-28(18-13-23)16-8-7-15-27(3)32(29,30)5-2/h9,11,14,19-20,23H,4-8,10,12-13,15-18H2,1-3H3. The van der Waals surface area contributed by atoms with E-state index in [-0.39, 0.29) is 11.9 Å². The number of fused-ring (bicyclic) bond motifs is 1. The first-order chi connectivity index (χ1) is 15.4. The lowest BCUT2D eigenvalue weighted by molar-refractivity contribution is 0.100. The molecular weight excluding hydrogens is 422 g/mol. The zero-order valence-electron chi connectivity index (χ0n) is 19.9. The van der Waals surface area contributed by atoms with Crippen molar-refractivity contribution in [2.75, 3.05) is 39.0 Å². The number of ether oxygens (including phenoxy) is 1. The lowest BCUT2D eigenvalue weighted by atomic mass is 10.0. The molecule has 1 saturated heterocycles. The Bertz CT molecular complexity index is 956. The van der Waals surface area contributed by atoms with E-state index in [1.54, 1.807) is 14.0 Å². The Hall–Kier alpha value is -1.70. The molecule has 0 unspecified atom stereocenters. The number of piperidine rings is 1. The molecule has 0 N–H and O–H groups in total. The van der Waals surface area contributed by atoms with Gasteiger partial charge >= 0.3 is 0 Å². The summed E-state index contributed by atoms with van der Waals surface area (Å²) in [5.41, 5.74) is 2.29.